The maximum Gasteiger partial charge on any atom is 0.246 e. The minimum atomic E-state index is -1.14. The van der Waals surface area contributed by atoms with Gasteiger partial charge in [-0.25, -0.2) is 0 Å². The molecule has 3 N–H and O–H groups in total. The molecule has 3 saturated heterocycles. The van der Waals surface area contributed by atoms with Gasteiger partial charge in [-0.3, -0.25) is 14.4 Å². The summed E-state index contributed by atoms with van der Waals surface area (Å²) in [7, 11) is 0. The number of benzene rings is 1. The predicted octanol–water partition coefficient (Wildman–Crippen LogP) is 2.17. The number of amides is 3. The number of fused-ring (bicyclic) bond motifs is 1. The normalized spacial score (nSPS) is 34.6. The molecule has 3 heterocycles. The van der Waals surface area contributed by atoms with Crippen molar-refractivity contribution < 1.29 is 24.2 Å². The average molecular weight is 486 g/mol. The number of nitrogens with one attached hydrogen (secondary N) is 2. The number of ether oxygens (including phenoxy) is 1. The molecule has 2 bridgehead atoms. The van der Waals surface area contributed by atoms with Crippen molar-refractivity contribution in [3.63, 3.8) is 0 Å². The molecule has 3 amide bonds. The van der Waals surface area contributed by atoms with Gasteiger partial charge in [0.15, 0.2) is 0 Å². The zero-order valence-electron chi connectivity index (χ0n) is 21.6. The fraction of sp³-hybridized carbons (Fsp3) is 0.667. The zero-order chi connectivity index (χ0) is 25.8. The smallest absolute Gasteiger partial charge is 0.246 e. The molecule has 35 heavy (non-hydrogen) atoms. The molecule has 0 saturated carbocycles. The Bertz CT molecular complexity index is 992. The third-order valence-corrected chi connectivity index (χ3v) is 8.02. The fourth-order valence-electron chi connectivity index (χ4n) is 6.54. The van der Waals surface area contributed by atoms with E-state index in [1.807, 2.05) is 71.9 Å². The van der Waals surface area contributed by atoms with Crippen LogP contribution in [-0.2, 0) is 19.1 Å². The van der Waals surface area contributed by atoms with E-state index in [4.69, 9.17) is 4.74 Å². The van der Waals surface area contributed by atoms with Crippen LogP contribution >= 0.6 is 0 Å². The molecular weight excluding hydrogens is 446 g/mol. The van der Waals surface area contributed by atoms with E-state index in [-0.39, 0.29) is 30.2 Å². The number of likely N-dealkylation sites (tertiary alicyclic amines) is 1. The Morgan fingerprint density at radius 2 is 1.89 bits per heavy atom. The number of nitrogens with zero attached hydrogens (tertiary/aromatic N) is 1. The lowest BCUT2D eigenvalue weighted by Crippen LogP contribution is -2.59. The molecule has 1 aromatic carbocycles. The summed E-state index contributed by atoms with van der Waals surface area (Å²) >= 11 is 0. The molecule has 8 heteroatoms. The molecule has 3 aliphatic heterocycles. The van der Waals surface area contributed by atoms with Crippen LogP contribution in [0.25, 0.3) is 0 Å². The van der Waals surface area contributed by atoms with Crippen LogP contribution < -0.4 is 10.6 Å². The molecule has 3 aliphatic rings. The predicted molar refractivity (Wildman–Crippen MR) is 131 cm³/mol. The van der Waals surface area contributed by atoms with Crippen molar-refractivity contribution in [2.24, 2.45) is 17.8 Å². The van der Waals surface area contributed by atoms with E-state index in [2.05, 4.69) is 10.6 Å². The van der Waals surface area contributed by atoms with Gasteiger partial charge in [0.2, 0.25) is 17.7 Å². The van der Waals surface area contributed by atoms with Gasteiger partial charge in [0.05, 0.1) is 30.1 Å². The maximum absolute atomic E-state index is 14.2. The number of carbonyl (C=O) groups is 3. The molecule has 3 unspecified atom stereocenters. The monoisotopic (exact) mass is 485 g/mol. The highest BCUT2D eigenvalue weighted by Crippen LogP contribution is 2.65. The van der Waals surface area contributed by atoms with Crippen LogP contribution in [0.3, 0.4) is 0 Å². The molecule has 0 radical (unpaired) electrons. The van der Waals surface area contributed by atoms with E-state index in [9.17, 15) is 19.5 Å². The van der Waals surface area contributed by atoms with Crippen molar-refractivity contribution in [2.75, 3.05) is 13.2 Å². The molecule has 192 valence electrons. The van der Waals surface area contributed by atoms with E-state index in [0.717, 1.165) is 12.0 Å². The molecule has 1 spiro atoms. The van der Waals surface area contributed by atoms with Crippen molar-refractivity contribution in [1.29, 1.82) is 0 Å². The summed E-state index contributed by atoms with van der Waals surface area (Å²) < 4.78 is 6.71. The Morgan fingerprint density at radius 1 is 1.23 bits per heavy atom. The van der Waals surface area contributed by atoms with Crippen molar-refractivity contribution in [3.8, 4) is 0 Å². The standard InChI is InChI=1S/C27H39N3O5/c1-7-13-28-22(32)19-20-24(34)30(18(15-31)17-11-9-8-10-12-17)21(23(33)29-25(3,4)5)27(20)14-16(2)26(19,6)35-27/h8-12,16,18-21,31H,7,13-15H2,1-6H3,(H,28,32)(H,29,33)/t16?,18-,19-,20+,21?,26+,27?/m1/s1. The lowest BCUT2D eigenvalue weighted by Gasteiger charge is -2.38. The van der Waals surface area contributed by atoms with E-state index < -0.39 is 40.7 Å². The van der Waals surface area contributed by atoms with Gasteiger partial charge in [-0.2, -0.15) is 0 Å². The van der Waals surface area contributed by atoms with Crippen LogP contribution in [-0.4, -0.2) is 63.7 Å². The number of hydrogen-bond donors (Lipinski definition) is 3. The highest BCUT2D eigenvalue weighted by Gasteiger charge is 2.80. The Labute approximate surface area is 207 Å². The topological polar surface area (TPSA) is 108 Å². The van der Waals surface area contributed by atoms with E-state index >= 15 is 0 Å². The van der Waals surface area contributed by atoms with Crippen LogP contribution in [0, 0.1) is 17.8 Å². The molecule has 4 rings (SSSR count). The maximum atomic E-state index is 14.2. The third kappa shape index (κ3) is 3.95. The second kappa shape index (κ2) is 8.89. The van der Waals surface area contributed by atoms with Gasteiger partial charge < -0.3 is 25.4 Å². The van der Waals surface area contributed by atoms with Crippen molar-refractivity contribution in [2.45, 2.75) is 83.2 Å². The Morgan fingerprint density at radius 3 is 2.46 bits per heavy atom. The van der Waals surface area contributed by atoms with Gasteiger partial charge in [0, 0.05) is 12.1 Å². The van der Waals surface area contributed by atoms with Crippen LogP contribution in [0.15, 0.2) is 30.3 Å². The summed E-state index contributed by atoms with van der Waals surface area (Å²) in [6, 6.07) is 7.53. The summed E-state index contributed by atoms with van der Waals surface area (Å²) in [5, 5.41) is 16.5. The molecule has 8 nitrogen and oxygen atoms in total. The van der Waals surface area contributed by atoms with Crippen LogP contribution in [0.4, 0.5) is 0 Å². The SMILES string of the molecule is CCCNC(=O)[C@H]1[C@H]2C(=O)N([C@H](CO)c3ccccc3)C(C(=O)NC(C)(C)C)C23CC(C)[C@]1(C)O3. The second-order valence-corrected chi connectivity index (χ2v) is 11.6. The molecule has 1 aromatic rings. The minimum Gasteiger partial charge on any atom is -0.394 e. The van der Waals surface area contributed by atoms with Gasteiger partial charge in [-0.15, -0.1) is 0 Å². The fourth-order valence-corrected chi connectivity index (χ4v) is 6.54. The first kappa shape index (κ1) is 25.6. The number of rotatable bonds is 7. The summed E-state index contributed by atoms with van der Waals surface area (Å²) in [6.45, 7) is 11.7. The summed E-state index contributed by atoms with van der Waals surface area (Å²) in [5.41, 5.74) is -1.80. The number of aliphatic hydroxyl groups excluding tert-OH is 1. The lowest BCUT2D eigenvalue weighted by atomic mass is 9.62. The molecule has 7 atom stereocenters. The molecular formula is C27H39N3O5. The van der Waals surface area contributed by atoms with Gasteiger partial charge in [0.25, 0.3) is 0 Å². The van der Waals surface area contributed by atoms with Crippen molar-refractivity contribution >= 4 is 17.7 Å². The number of carbonyl (C=O) groups excluding carboxylic acids is 3. The first-order valence-electron chi connectivity index (χ1n) is 12.7. The third-order valence-electron chi connectivity index (χ3n) is 8.02. The number of aliphatic hydroxyl groups is 1. The van der Waals surface area contributed by atoms with E-state index in [0.29, 0.717) is 13.0 Å². The Balaban J connectivity index is 1.85. The lowest BCUT2D eigenvalue weighted by molar-refractivity contribution is -0.151. The van der Waals surface area contributed by atoms with E-state index in [1.54, 1.807) is 0 Å². The van der Waals surface area contributed by atoms with Gasteiger partial charge in [-0.05, 0) is 52.0 Å². The molecule has 0 aliphatic carbocycles. The summed E-state index contributed by atoms with van der Waals surface area (Å²) in [4.78, 5) is 43.1. The number of hydrogen-bond acceptors (Lipinski definition) is 5. The zero-order valence-corrected chi connectivity index (χ0v) is 21.6. The summed E-state index contributed by atoms with van der Waals surface area (Å²) in [6.07, 6.45) is 1.27. The second-order valence-electron chi connectivity index (χ2n) is 11.6. The van der Waals surface area contributed by atoms with Crippen LogP contribution in [0.5, 0.6) is 0 Å². The molecule has 3 fully saturated rings. The highest BCUT2D eigenvalue weighted by molar-refractivity contribution is 5.99. The first-order chi connectivity index (χ1) is 16.4. The highest BCUT2D eigenvalue weighted by atomic mass is 16.5. The average Bonchev–Trinajstić information content (AvgIpc) is 3.29. The minimum absolute atomic E-state index is 0.0295. The quantitative estimate of drug-likeness (QED) is 0.549. The first-order valence-corrected chi connectivity index (χ1v) is 12.7. The molecule has 0 aromatic heterocycles. The van der Waals surface area contributed by atoms with Crippen LogP contribution in [0.1, 0.15) is 66.0 Å². The largest absolute Gasteiger partial charge is 0.394 e. The van der Waals surface area contributed by atoms with Crippen molar-refractivity contribution in [1.82, 2.24) is 15.5 Å². The Hall–Kier alpha value is -2.45. The van der Waals surface area contributed by atoms with Crippen molar-refractivity contribution in [3.05, 3.63) is 35.9 Å². The van der Waals surface area contributed by atoms with Gasteiger partial charge >= 0.3 is 0 Å². The van der Waals surface area contributed by atoms with E-state index in [1.165, 1.54) is 4.90 Å². The summed E-state index contributed by atoms with van der Waals surface area (Å²) in [5.74, 6) is -2.39. The van der Waals surface area contributed by atoms with Gasteiger partial charge in [-0.1, -0.05) is 44.2 Å². The van der Waals surface area contributed by atoms with Crippen LogP contribution in [0.2, 0.25) is 0 Å². The van der Waals surface area contributed by atoms with Gasteiger partial charge in [0.1, 0.15) is 11.6 Å². The Kier molecular flexibility index (Phi) is 6.51.